The summed E-state index contributed by atoms with van der Waals surface area (Å²) < 4.78 is 0. The van der Waals surface area contributed by atoms with Crippen LogP contribution in [0.5, 0.6) is 0 Å². The van der Waals surface area contributed by atoms with E-state index in [9.17, 15) is 0 Å². The van der Waals surface area contributed by atoms with E-state index in [2.05, 4.69) is 36.0 Å². The Morgan fingerprint density at radius 3 is 2.76 bits per heavy atom. The van der Waals surface area contributed by atoms with Crippen molar-refractivity contribution < 1.29 is 0 Å². The topological polar surface area (TPSA) is 18.5 Å². The molecule has 0 amide bonds. The van der Waals surface area contributed by atoms with Crippen LogP contribution in [-0.2, 0) is 0 Å². The molecule has 100 valence electrons. The van der Waals surface area contributed by atoms with Gasteiger partial charge in [0.25, 0.3) is 0 Å². The van der Waals surface area contributed by atoms with Crippen molar-refractivity contribution in [3.05, 3.63) is 0 Å². The highest BCUT2D eigenvalue weighted by molar-refractivity contribution is 4.91. The van der Waals surface area contributed by atoms with Gasteiger partial charge in [-0.15, -0.1) is 0 Å². The molecule has 0 aromatic rings. The largest absolute Gasteiger partial charge is 0.314 e. The Hall–Kier alpha value is -0.120. The number of hydrogen-bond donors (Lipinski definition) is 1. The molecule has 1 saturated heterocycles. The average molecular weight is 239 g/mol. The van der Waals surface area contributed by atoms with Gasteiger partial charge in [-0.2, -0.15) is 0 Å². The molecule has 2 rings (SSSR count). The maximum atomic E-state index is 3.69. The highest BCUT2D eigenvalue weighted by Crippen LogP contribution is 2.27. The van der Waals surface area contributed by atoms with E-state index >= 15 is 0 Å². The van der Waals surface area contributed by atoms with E-state index < -0.39 is 0 Å². The summed E-state index contributed by atoms with van der Waals surface area (Å²) in [6, 6.07) is 2.36. The molecule has 17 heavy (non-hydrogen) atoms. The fourth-order valence-electron chi connectivity index (χ4n) is 3.49. The molecule has 1 heterocycles. The van der Waals surface area contributed by atoms with Crippen LogP contribution in [0.25, 0.3) is 0 Å². The van der Waals surface area contributed by atoms with Crippen molar-refractivity contribution >= 4 is 0 Å². The third-order valence-electron chi connectivity index (χ3n) is 4.44. The number of nitrogens with zero attached hydrogens (tertiary/aromatic N) is 2. The van der Waals surface area contributed by atoms with Gasteiger partial charge in [-0.1, -0.05) is 6.92 Å². The summed E-state index contributed by atoms with van der Waals surface area (Å²) >= 11 is 0. The van der Waals surface area contributed by atoms with Crippen molar-refractivity contribution in [1.82, 2.24) is 15.1 Å². The average Bonchev–Trinajstić information content (AvgIpc) is 2.75. The number of likely N-dealkylation sites (N-methyl/N-ethyl adjacent to an activating group) is 1. The van der Waals surface area contributed by atoms with E-state index in [4.69, 9.17) is 0 Å². The predicted octanol–water partition coefficient (Wildman–Crippen LogP) is 1.54. The molecule has 0 radical (unpaired) electrons. The summed E-state index contributed by atoms with van der Waals surface area (Å²) in [4.78, 5) is 5.22. The molecule has 2 fully saturated rings. The van der Waals surface area contributed by atoms with E-state index in [1.807, 2.05) is 0 Å². The molecular weight excluding hydrogens is 210 g/mol. The summed E-state index contributed by atoms with van der Waals surface area (Å²) in [6.45, 7) is 9.58. The van der Waals surface area contributed by atoms with Gasteiger partial charge < -0.3 is 10.2 Å². The van der Waals surface area contributed by atoms with Crippen LogP contribution in [0.4, 0.5) is 0 Å². The minimum Gasteiger partial charge on any atom is -0.314 e. The zero-order chi connectivity index (χ0) is 12.3. The molecule has 0 aromatic heterocycles. The highest BCUT2D eigenvalue weighted by Gasteiger charge is 2.33. The molecule has 0 spiro atoms. The standard InChI is InChI=1S/C14H29N3/c1-4-7-15-13-5-6-14(10-13)17-9-8-16(3)11-12(17)2/h12-15H,4-11H2,1-3H3. The van der Waals surface area contributed by atoms with E-state index in [1.165, 1.54) is 51.9 Å². The van der Waals surface area contributed by atoms with Crippen molar-refractivity contribution in [3.8, 4) is 0 Å². The SMILES string of the molecule is CCCNC1CCC(N2CCN(C)CC2C)C1. The zero-order valence-corrected chi connectivity index (χ0v) is 11.8. The van der Waals surface area contributed by atoms with Gasteiger partial charge in [0.05, 0.1) is 0 Å². The highest BCUT2D eigenvalue weighted by atomic mass is 15.3. The predicted molar refractivity (Wildman–Crippen MR) is 73.4 cm³/mol. The lowest BCUT2D eigenvalue weighted by Crippen LogP contribution is -2.54. The molecule has 0 bridgehead atoms. The number of nitrogens with one attached hydrogen (secondary N) is 1. The fourth-order valence-corrected chi connectivity index (χ4v) is 3.49. The monoisotopic (exact) mass is 239 g/mol. The molecule has 3 unspecified atom stereocenters. The Labute approximate surface area is 107 Å². The number of piperazine rings is 1. The van der Waals surface area contributed by atoms with Crippen molar-refractivity contribution in [2.45, 2.75) is 57.7 Å². The zero-order valence-electron chi connectivity index (χ0n) is 11.8. The van der Waals surface area contributed by atoms with Gasteiger partial charge in [0.2, 0.25) is 0 Å². The third-order valence-corrected chi connectivity index (χ3v) is 4.44. The Morgan fingerprint density at radius 2 is 2.06 bits per heavy atom. The molecule has 3 heteroatoms. The molecule has 1 aliphatic carbocycles. The Bertz CT molecular complexity index is 232. The molecule has 0 aromatic carbocycles. The Balaban J connectivity index is 1.79. The lowest BCUT2D eigenvalue weighted by atomic mass is 10.1. The van der Waals surface area contributed by atoms with Crippen LogP contribution in [0.15, 0.2) is 0 Å². The van der Waals surface area contributed by atoms with Crippen LogP contribution in [0.2, 0.25) is 0 Å². The first-order valence-corrected chi connectivity index (χ1v) is 7.38. The smallest absolute Gasteiger partial charge is 0.0198 e. The summed E-state index contributed by atoms with van der Waals surface area (Å²) in [6.07, 6.45) is 5.40. The summed E-state index contributed by atoms with van der Waals surface area (Å²) in [7, 11) is 2.24. The second kappa shape index (κ2) is 6.17. The molecule has 1 aliphatic heterocycles. The minimum absolute atomic E-state index is 0.740. The molecular formula is C14H29N3. The van der Waals surface area contributed by atoms with Crippen molar-refractivity contribution in [3.63, 3.8) is 0 Å². The second-order valence-corrected chi connectivity index (χ2v) is 5.97. The first-order valence-electron chi connectivity index (χ1n) is 7.38. The van der Waals surface area contributed by atoms with Crippen LogP contribution in [-0.4, -0.2) is 61.2 Å². The maximum Gasteiger partial charge on any atom is 0.0198 e. The van der Waals surface area contributed by atoms with Crippen LogP contribution in [0.1, 0.15) is 39.5 Å². The van der Waals surface area contributed by atoms with Gasteiger partial charge in [0.1, 0.15) is 0 Å². The number of rotatable bonds is 4. The minimum atomic E-state index is 0.740. The van der Waals surface area contributed by atoms with Gasteiger partial charge >= 0.3 is 0 Å². The van der Waals surface area contributed by atoms with Gasteiger partial charge in [-0.3, -0.25) is 4.90 Å². The Morgan fingerprint density at radius 1 is 1.24 bits per heavy atom. The lowest BCUT2D eigenvalue weighted by molar-refractivity contribution is 0.0625. The third kappa shape index (κ3) is 3.43. The quantitative estimate of drug-likeness (QED) is 0.803. The van der Waals surface area contributed by atoms with E-state index in [0.29, 0.717) is 0 Å². The summed E-state index contributed by atoms with van der Waals surface area (Å²) in [5, 5.41) is 3.69. The van der Waals surface area contributed by atoms with Crippen LogP contribution in [0, 0.1) is 0 Å². The first-order chi connectivity index (χ1) is 8.20. The second-order valence-electron chi connectivity index (χ2n) is 5.97. The number of hydrogen-bond acceptors (Lipinski definition) is 3. The fraction of sp³-hybridized carbons (Fsp3) is 1.00. The first kappa shape index (κ1) is 13.3. The van der Waals surface area contributed by atoms with Crippen LogP contribution < -0.4 is 5.32 Å². The van der Waals surface area contributed by atoms with E-state index in [0.717, 1.165) is 18.1 Å². The van der Waals surface area contributed by atoms with Crippen molar-refractivity contribution in [1.29, 1.82) is 0 Å². The van der Waals surface area contributed by atoms with Gasteiger partial charge in [-0.25, -0.2) is 0 Å². The van der Waals surface area contributed by atoms with Crippen LogP contribution >= 0.6 is 0 Å². The van der Waals surface area contributed by atoms with Crippen molar-refractivity contribution in [2.75, 3.05) is 33.2 Å². The van der Waals surface area contributed by atoms with E-state index in [1.54, 1.807) is 0 Å². The molecule has 1 N–H and O–H groups in total. The normalized spacial score (nSPS) is 36.5. The van der Waals surface area contributed by atoms with Gasteiger partial charge in [-0.05, 0) is 46.2 Å². The molecule has 3 nitrogen and oxygen atoms in total. The lowest BCUT2D eigenvalue weighted by Gasteiger charge is -2.41. The van der Waals surface area contributed by atoms with Crippen molar-refractivity contribution in [2.24, 2.45) is 0 Å². The summed E-state index contributed by atoms with van der Waals surface area (Å²) in [5.41, 5.74) is 0. The Kier molecular flexibility index (Phi) is 4.83. The molecule has 3 atom stereocenters. The van der Waals surface area contributed by atoms with E-state index in [-0.39, 0.29) is 0 Å². The summed E-state index contributed by atoms with van der Waals surface area (Å²) in [5.74, 6) is 0. The van der Waals surface area contributed by atoms with Crippen LogP contribution in [0.3, 0.4) is 0 Å². The van der Waals surface area contributed by atoms with Gasteiger partial charge in [0.15, 0.2) is 0 Å². The molecule has 2 aliphatic rings. The maximum absolute atomic E-state index is 3.69. The molecule has 1 saturated carbocycles. The van der Waals surface area contributed by atoms with Gasteiger partial charge in [0, 0.05) is 37.8 Å².